The fourth-order valence-electron chi connectivity index (χ4n) is 1.70. The summed E-state index contributed by atoms with van der Waals surface area (Å²) in [5, 5.41) is 7.60. The highest BCUT2D eigenvalue weighted by molar-refractivity contribution is 5.37. The molecule has 0 saturated carbocycles. The third-order valence-electron chi connectivity index (χ3n) is 2.18. The summed E-state index contributed by atoms with van der Waals surface area (Å²) in [5.41, 5.74) is 0. The fourth-order valence-corrected chi connectivity index (χ4v) is 1.70. The Kier molecular flexibility index (Phi) is 1.37. The number of nitrogens with zero attached hydrogens (tertiary/aromatic N) is 2. The van der Waals surface area contributed by atoms with E-state index in [9.17, 15) is 0 Å². The molecular formula is C8H13N3. The van der Waals surface area contributed by atoms with Crippen molar-refractivity contribution >= 4 is 5.82 Å². The molecule has 2 rings (SSSR count). The third kappa shape index (κ3) is 1.00. The quantitative estimate of drug-likeness (QED) is 0.611. The Morgan fingerprint density at radius 2 is 2.45 bits per heavy atom. The summed E-state index contributed by atoms with van der Waals surface area (Å²) in [6, 6.07) is 3.14. The van der Waals surface area contributed by atoms with Crippen molar-refractivity contribution < 1.29 is 0 Å². The van der Waals surface area contributed by atoms with Gasteiger partial charge in [-0.1, -0.05) is 0 Å². The van der Waals surface area contributed by atoms with E-state index in [2.05, 4.69) is 24.3 Å². The summed E-state index contributed by atoms with van der Waals surface area (Å²) < 4.78 is 2.04. The SMILES string of the molecule is CC1CC(C)n2nccc2N1. The van der Waals surface area contributed by atoms with Crippen LogP contribution in [0.2, 0.25) is 0 Å². The highest BCUT2D eigenvalue weighted by Gasteiger charge is 2.19. The Morgan fingerprint density at radius 3 is 3.27 bits per heavy atom. The number of hydrogen-bond donors (Lipinski definition) is 1. The van der Waals surface area contributed by atoms with E-state index in [1.54, 1.807) is 0 Å². The summed E-state index contributed by atoms with van der Waals surface area (Å²) >= 11 is 0. The number of nitrogens with one attached hydrogen (secondary N) is 1. The Morgan fingerprint density at radius 1 is 1.64 bits per heavy atom. The minimum Gasteiger partial charge on any atom is -0.368 e. The third-order valence-corrected chi connectivity index (χ3v) is 2.18. The molecule has 1 aromatic heterocycles. The van der Waals surface area contributed by atoms with Crippen LogP contribution < -0.4 is 5.32 Å². The molecule has 3 nitrogen and oxygen atoms in total. The molecule has 1 aliphatic heterocycles. The van der Waals surface area contributed by atoms with Crippen molar-refractivity contribution in [2.75, 3.05) is 5.32 Å². The zero-order valence-corrected chi connectivity index (χ0v) is 6.91. The molecule has 0 aliphatic carbocycles. The van der Waals surface area contributed by atoms with Gasteiger partial charge in [0.2, 0.25) is 0 Å². The molecule has 0 aromatic carbocycles. The minimum atomic E-state index is 0.538. The second-order valence-electron chi connectivity index (χ2n) is 3.29. The van der Waals surface area contributed by atoms with Gasteiger partial charge in [-0.25, -0.2) is 4.68 Å². The van der Waals surface area contributed by atoms with Crippen LogP contribution in [0.15, 0.2) is 12.3 Å². The van der Waals surface area contributed by atoms with Gasteiger partial charge in [0.25, 0.3) is 0 Å². The monoisotopic (exact) mass is 151 g/mol. The van der Waals surface area contributed by atoms with Gasteiger partial charge in [-0.3, -0.25) is 0 Å². The first-order chi connectivity index (χ1) is 5.27. The van der Waals surface area contributed by atoms with Crippen LogP contribution in [0.5, 0.6) is 0 Å². The van der Waals surface area contributed by atoms with Crippen LogP contribution in [-0.4, -0.2) is 15.8 Å². The van der Waals surface area contributed by atoms with Gasteiger partial charge in [-0.05, 0) is 20.3 Å². The average molecular weight is 151 g/mol. The molecule has 0 radical (unpaired) electrons. The van der Waals surface area contributed by atoms with E-state index in [0.29, 0.717) is 12.1 Å². The van der Waals surface area contributed by atoms with Gasteiger partial charge in [0, 0.05) is 12.1 Å². The molecule has 0 saturated heterocycles. The molecular weight excluding hydrogens is 138 g/mol. The van der Waals surface area contributed by atoms with Gasteiger partial charge < -0.3 is 5.32 Å². The molecule has 0 bridgehead atoms. The molecule has 0 amide bonds. The number of anilines is 1. The van der Waals surface area contributed by atoms with Crippen molar-refractivity contribution in [3.63, 3.8) is 0 Å². The summed E-state index contributed by atoms with van der Waals surface area (Å²) in [6.07, 6.45) is 3.01. The van der Waals surface area contributed by atoms with Crippen molar-refractivity contribution in [2.24, 2.45) is 0 Å². The van der Waals surface area contributed by atoms with Gasteiger partial charge in [-0.2, -0.15) is 5.10 Å². The van der Waals surface area contributed by atoms with Crippen LogP contribution in [0, 0.1) is 0 Å². The lowest BCUT2D eigenvalue weighted by Gasteiger charge is -2.27. The van der Waals surface area contributed by atoms with Gasteiger partial charge in [0.05, 0.1) is 12.2 Å². The predicted octanol–water partition coefficient (Wildman–Crippen LogP) is 1.65. The first-order valence-corrected chi connectivity index (χ1v) is 4.07. The van der Waals surface area contributed by atoms with Crippen LogP contribution in [0.1, 0.15) is 26.3 Å². The fraction of sp³-hybridized carbons (Fsp3) is 0.625. The lowest BCUT2D eigenvalue weighted by atomic mass is 10.1. The first-order valence-electron chi connectivity index (χ1n) is 4.07. The lowest BCUT2D eigenvalue weighted by molar-refractivity contribution is 0.414. The average Bonchev–Trinajstić information content (AvgIpc) is 2.34. The first kappa shape index (κ1) is 6.70. The Hall–Kier alpha value is -0.990. The molecule has 11 heavy (non-hydrogen) atoms. The number of rotatable bonds is 0. The van der Waals surface area contributed by atoms with E-state index in [4.69, 9.17) is 0 Å². The standard InChI is InChI=1S/C8H13N3/c1-6-5-7(2)11-8(10-6)3-4-9-11/h3-4,6-7,10H,5H2,1-2H3. The number of hydrogen-bond acceptors (Lipinski definition) is 2. The normalized spacial score (nSPS) is 29.3. The predicted molar refractivity (Wildman–Crippen MR) is 44.6 cm³/mol. The van der Waals surface area contributed by atoms with Crippen LogP contribution >= 0.6 is 0 Å². The van der Waals surface area contributed by atoms with Crippen molar-refractivity contribution in [3.8, 4) is 0 Å². The van der Waals surface area contributed by atoms with Crippen molar-refractivity contribution in [3.05, 3.63) is 12.3 Å². The molecule has 2 unspecified atom stereocenters. The van der Waals surface area contributed by atoms with Gasteiger partial charge in [0.15, 0.2) is 0 Å². The maximum Gasteiger partial charge on any atom is 0.124 e. The van der Waals surface area contributed by atoms with Crippen molar-refractivity contribution in [1.82, 2.24) is 9.78 Å². The van der Waals surface area contributed by atoms with Gasteiger partial charge in [-0.15, -0.1) is 0 Å². The van der Waals surface area contributed by atoms with Crippen molar-refractivity contribution in [1.29, 1.82) is 0 Å². The number of fused-ring (bicyclic) bond motifs is 1. The zero-order valence-electron chi connectivity index (χ0n) is 6.91. The summed E-state index contributed by atoms with van der Waals surface area (Å²) in [7, 11) is 0. The summed E-state index contributed by atoms with van der Waals surface area (Å²) in [5.74, 6) is 1.15. The Balaban J connectivity index is 2.36. The van der Waals surface area contributed by atoms with E-state index in [1.807, 2.05) is 16.9 Å². The maximum absolute atomic E-state index is 4.23. The van der Waals surface area contributed by atoms with Gasteiger partial charge >= 0.3 is 0 Å². The zero-order chi connectivity index (χ0) is 7.84. The Labute approximate surface area is 66.4 Å². The minimum absolute atomic E-state index is 0.538. The van der Waals surface area contributed by atoms with Gasteiger partial charge in [0.1, 0.15) is 5.82 Å². The molecule has 1 N–H and O–H groups in total. The smallest absolute Gasteiger partial charge is 0.124 e. The highest BCUT2D eigenvalue weighted by Crippen LogP contribution is 2.24. The van der Waals surface area contributed by atoms with E-state index < -0.39 is 0 Å². The molecule has 3 heteroatoms. The topological polar surface area (TPSA) is 29.9 Å². The molecule has 0 fully saturated rings. The second kappa shape index (κ2) is 2.26. The lowest BCUT2D eigenvalue weighted by Crippen LogP contribution is -2.28. The van der Waals surface area contributed by atoms with E-state index in [1.165, 1.54) is 0 Å². The molecule has 60 valence electrons. The molecule has 1 aromatic rings. The molecule has 2 atom stereocenters. The van der Waals surface area contributed by atoms with Crippen LogP contribution in [0.25, 0.3) is 0 Å². The van der Waals surface area contributed by atoms with E-state index in [-0.39, 0.29) is 0 Å². The molecule has 2 heterocycles. The molecule has 1 aliphatic rings. The Bertz CT molecular complexity index is 254. The summed E-state index contributed by atoms with van der Waals surface area (Å²) in [4.78, 5) is 0. The second-order valence-corrected chi connectivity index (χ2v) is 3.29. The van der Waals surface area contributed by atoms with E-state index in [0.717, 1.165) is 12.2 Å². The maximum atomic E-state index is 4.23. The number of aromatic nitrogens is 2. The van der Waals surface area contributed by atoms with Crippen LogP contribution in [-0.2, 0) is 0 Å². The summed E-state index contributed by atoms with van der Waals surface area (Å²) in [6.45, 7) is 4.40. The van der Waals surface area contributed by atoms with Crippen LogP contribution in [0.4, 0.5) is 5.82 Å². The van der Waals surface area contributed by atoms with Crippen molar-refractivity contribution in [2.45, 2.75) is 32.4 Å². The molecule has 0 spiro atoms. The largest absolute Gasteiger partial charge is 0.368 e. The van der Waals surface area contributed by atoms with Crippen LogP contribution in [0.3, 0.4) is 0 Å². The van der Waals surface area contributed by atoms with E-state index >= 15 is 0 Å². The highest BCUT2D eigenvalue weighted by atomic mass is 15.4.